The topological polar surface area (TPSA) is 110 Å². The first-order valence-electron chi connectivity index (χ1n) is 18.0. The van der Waals surface area contributed by atoms with E-state index in [0.717, 1.165) is 90.9 Å². The second-order valence-electron chi connectivity index (χ2n) is 15.8. The molecule has 13 heteroatoms. The van der Waals surface area contributed by atoms with E-state index in [-0.39, 0.29) is 52.2 Å². The number of nitrogens with zero attached hydrogens (tertiary/aromatic N) is 8. The van der Waals surface area contributed by atoms with Crippen molar-refractivity contribution in [1.29, 1.82) is 0 Å². The van der Waals surface area contributed by atoms with E-state index in [1.807, 2.05) is 46.7 Å². The summed E-state index contributed by atoms with van der Waals surface area (Å²) in [4.78, 5) is 41.3. The molecule has 0 bridgehead atoms. The Kier molecular flexibility index (Phi) is 10.3. The average molecular weight is 680 g/mol. The van der Waals surface area contributed by atoms with Gasteiger partial charge in [0.05, 0.1) is 11.1 Å². The van der Waals surface area contributed by atoms with Crippen LogP contribution in [0.3, 0.4) is 0 Å². The number of benzene rings is 1. The zero-order valence-electron chi connectivity index (χ0n) is 30.1. The molecule has 49 heavy (non-hydrogen) atoms. The van der Waals surface area contributed by atoms with Crippen molar-refractivity contribution < 1.29 is 18.7 Å². The standard InChI is InChI=1S/C36H54FN9O3/c1-25(2)46(26(3)4)33(47)29-19-28(37)7-8-30(29)49-32-31(38-24-39-41-32)45-21-35(22-45)13-15-43(16-14-35)20-27-9-11-36(12-10-27)23-44(34(48)40-36)18-17-42(5)6/h7-8,19,24-27H,9-18,20-23H2,1-6H3,(H,40,48). The number of hydrogen-bond donors (Lipinski definition) is 1. The van der Waals surface area contributed by atoms with E-state index in [1.165, 1.54) is 24.5 Å². The lowest BCUT2D eigenvalue weighted by Gasteiger charge is -2.54. The Bertz CT molecular complexity index is 1470. The fourth-order valence-electron chi connectivity index (χ4n) is 8.39. The van der Waals surface area contributed by atoms with E-state index >= 15 is 0 Å². The summed E-state index contributed by atoms with van der Waals surface area (Å²) in [5, 5.41) is 11.6. The maximum atomic E-state index is 14.4. The predicted octanol–water partition coefficient (Wildman–Crippen LogP) is 4.48. The van der Waals surface area contributed by atoms with Crippen LogP contribution in [0, 0.1) is 17.2 Å². The number of amides is 3. The second kappa shape index (κ2) is 14.3. The molecule has 6 rings (SSSR count). The number of carbonyl (C=O) groups is 2. The highest BCUT2D eigenvalue weighted by Crippen LogP contribution is 2.45. The van der Waals surface area contributed by atoms with E-state index in [1.54, 1.807) is 4.90 Å². The molecule has 3 saturated heterocycles. The molecule has 1 N–H and O–H groups in total. The van der Waals surface area contributed by atoms with Crippen molar-refractivity contribution in [2.75, 3.05) is 71.4 Å². The minimum atomic E-state index is -0.506. The number of ether oxygens (including phenoxy) is 1. The molecule has 3 aliphatic heterocycles. The van der Waals surface area contributed by atoms with Crippen molar-refractivity contribution in [3.05, 3.63) is 35.9 Å². The summed E-state index contributed by atoms with van der Waals surface area (Å²) in [6, 6.07) is 3.95. The monoisotopic (exact) mass is 679 g/mol. The third kappa shape index (κ3) is 7.77. The van der Waals surface area contributed by atoms with Crippen LogP contribution in [-0.2, 0) is 0 Å². The molecule has 2 aromatic rings. The molecule has 1 aromatic heterocycles. The summed E-state index contributed by atoms with van der Waals surface area (Å²) >= 11 is 0. The molecule has 4 aliphatic rings. The van der Waals surface area contributed by atoms with E-state index in [4.69, 9.17) is 4.74 Å². The van der Waals surface area contributed by atoms with Gasteiger partial charge in [0.1, 0.15) is 17.9 Å². The maximum Gasteiger partial charge on any atom is 0.318 e. The van der Waals surface area contributed by atoms with E-state index in [9.17, 15) is 14.0 Å². The zero-order chi connectivity index (χ0) is 34.9. The van der Waals surface area contributed by atoms with Gasteiger partial charge in [-0.05, 0) is 118 Å². The van der Waals surface area contributed by atoms with Crippen molar-refractivity contribution in [2.24, 2.45) is 11.3 Å². The summed E-state index contributed by atoms with van der Waals surface area (Å²) in [5.74, 6) is 0.904. The Hall–Kier alpha value is -3.58. The highest BCUT2D eigenvalue weighted by atomic mass is 19.1. The van der Waals surface area contributed by atoms with Crippen LogP contribution in [0.15, 0.2) is 24.5 Å². The summed E-state index contributed by atoms with van der Waals surface area (Å²) < 4.78 is 20.6. The van der Waals surface area contributed by atoms with Crippen LogP contribution in [0.5, 0.6) is 11.6 Å². The number of likely N-dealkylation sites (N-methyl/N-ethyl adjacent to an activating group) is 1. The fourth-order valence-corrected chi connectivity index (χ4v) is 8.39. The maximum absolute atomic E-state index is 14.4. The third-order valence-corrected chi connectivity index (χ3v) is 11.1. The molecule has 1 saturated carbocycles. The number of likely N-dealkylation sites (tertiary alicyclic amines) is 1. The lowest BCUT2D eigenvalue weighted by Crippen LogP contribution is -2.61. The van der Waals surface area contributed by atoms with E-state index < -0.39 is 5.82 Å². The predicted molar refractivity (Wildman–Crippen MR) is 186 cm³/mol. The molecule has 1 aromatic carbocycles. The molecule has 2 spiro atoms. The quantitative estimate of drug-likeness (QED) is 0.368. The number of nitrogens with one attached hydrogen (secondary N) is 1. The van der Waals surface area contributed by atoms with Gasteiger partial charge in [-0.25, -0.2) is 14.2 Å². The lowest BCUT2D eigenvalue weighted by molar-refractivity contribution is 0.0582. The van der Waals surface area contributed by atoms with Gasteiger partial charge >= 0.3 is 6.03 Å². The van der Waals surface area contributed by atoms with Crippen molar-refractivity contribution in [3.63, 3.8) is 0 Å². The number of hydrogen-bond acceptors (Lipinski definition) is 9. The van der Waals surface area contributed by atoms with Crippen LogP contribution >= 0.6 is 0 Å². The minimum Gasteiger partial charge on any atom is -0.434 e. The molecule has 3 amide bonds. The Morgan fingerprint density at radius 2 is 1.76 bits per heavy atom. The lowest BCUT2D eigenvalue weighted by atomic mass is 9.71. The first-order chi connectivity index (χ1) is 23.4. The van der Waals surface area contributed by atoms with Crippen molar-refractivity contribution in [3.8, 4) is 11.6 Å². The fraction of sp³-hybridized carbons (Fsp3) is 0.694. The second-order valence-corrected chi connectivity index (χ2v) is 15.8. The van der Waals surface area contributed by atoms with Gasteiger partial charge in [0.25, 0.3) is 11.8 Å². The summed E-state index contributed by atoms with van der Waals surface area (Å²) in [7, 11) is 4.09. The number of anilines is 1. The largest absolute Gasteiger partial charge is 0.434 e. The number of halogens is 1. The Balaban J connectivity index is 1.01. The highest BCUT2D eigenvalue weighted by molar-refractivity contribution is 5.97. The van der Waals surface area contributed by atoms with Crippen molar-refractivity contribution in [2.45, 2.75) is 83.8 Å². The van der Waals surface area contributed by atoms with Gasteiger partial charge in [-0.2, -0.15) is 0 Å². The SMILES string of the molecule is CC(C)N(C(=O)c1cc(F)ccc1Oc1nncnc1N1CC2(CCN(CC3CCC4(CC3)CN(CCN(C)C)C(=O)N4)CC2)C1)C(C)C. The van der Waals surface area contributed by atoms with Crippen LogP contribution in [0.4, 0.5) is 15.0 Å². The van der Waals surface area contributed by atoms with Gasteiger partial charge < -0.3 is 34.6 Å². The Morgan fingerprint density at radius 1 is 1.06 bits per heavy atom. The van der Waals surface area contributed by atoms with Gasteiger partial charge in [0.15, 0.2) is 5.82 Å². The number of aromatic nitrogens is 3. The molecule has 268 valence electrons. The minimum absolute atomic E-state index is 0.0457. The zero-order valence-corrected chi connectivity index (χ0v) is 30.1. The van der Waals surface area contributed by atoms with Gasteiger partial charge in [0.2, 0.25) is 0 Å². The Labute approximate surface area is 290 Å². The number of rotatable bonds is 11. The van der Waals surface area contributed by atoms with E-state index in [0.29, 0.717) is 11.7 Å². The molecule has 0 atom stereocenters. The normalized spacial score (nSPS) is 23.9. The van der Waals surface area contributed by atoms with Gasteiger partial charge in [0, 0.05) is 56.8 Å². The smallest absolute Gasteiger partial charge is 0.318 e. The molecule has 0 radical (unpaired) electrons. The highest BCUT2D eigenvalue weighted by Gasteiger charge is 2.48. The first kappa shape index (κ1) is 35.3. The van der Waals surface area contributed by atoms with Crippen molar-refractivity contribution in [1.82, 2.24) is 40.1 Å². The summed E-state index contributed by atoms with van der Waals surface area (Å²) in [6.07, 6.45) is 8.12. The van der Waals surface area contributed by atoms with Crippen LogP contribution in [0.25, 0.3) is 0 Å². The van der Waals surface area contributed by atoms with Crippen LogP contribution in [-0.4, -0.2) is 131 Å². The molecule has 12 nitrogen and oxygen atoms in total. The third-order valence-electron chi connectivity index (χ3n) is 11.1. The number of piperidine rings is 1. The molecule has 1 aliphatic carbocycles. The van der Waals surface area contributed by atoms with Gasteiger partial charge in [-0.3, -0.25) is 4.79 Å². The van der Waals surface area contributed by atoms with Crippen LogP contribution in [0.1, 0.15) is 76.6 Å². The average Bonchev–Trinajstić information content (AvgIpc) is 3.35. The van der Waals surface area contributed by atoms with Gasteiger partial charge in [-0.1, -0.05) is 0 Å². The molecule has 4 fully saturated rings. The van der Waals surface area contributed by atoms with Crippen LogP contribution < -0.4 is 15.0 Å². The van der Waals surface area contributed by atoms with Crippen LogP contribution in [0.2, 0.25) is 0 Å². The summed E-state index contributed by atoms with van der Waals surface area (Å²) in [6.45, 7) is 15.3. The number of carbonyl (C=O) groups excluding carboxylic acids is 2. The summed E-state index contributed by atoms with van der Waals surface area (Å²) in [5.41, 5.74) is 0.330. The first-order valence-corrected chi connectivity index (χ1v) is 18.0. The Morgan fingerprint density at radius 3 is 2.41 bits per heavy atom. The number of urea groups is 1. The molecule has 0 unspecified atom stereocenters. The van der Waals surface area contributed by atoms with Gasteiger partial charge in [-0.15, -0.1) is 10.2 Å². The van der Waals surface area contributed by atoms with E-state index in [2.05, 4.69) is 35.2 Å². The molecular weight excluding hydrogens is 625 g/mol. The molecular formula is C36H54FN9O3. The molecule has 4 heterocycles. The van der Waals surface area contributed by atoms with Crippen molar-refractivity contribution >= 4 is 17.8 Å².